The van der Waals surface area contributed by atoms with Gasteiger partial charge in [0, 0.05) is 48.9 Å². The number of anilines is 4. The van der Waals surface area contributed by atoms with Gasteiger partial charge in [-0.05, 0) is 42.5 Å². The van der Waals surface area contributed by atoms with Crippen molar-refractivity contribution in [2.75, 3.05) is 47.4 Å². The third-order valence-electron chi connectivity index (χ3n) is 4.17. The third-order valence-corrected chi connectivity index (χ3v) is 4.17. The molecule has 1 heterocycles. The summed E-state index contributed by atoms with van der Waals surface area (Å²) in [6, 6.07) is 10.8. The van der Waals surface area contributed by atoms with E-state index in [0.29, 0.717) is 11.4 Å². The Labute approximate surface area is 138 Å². The predicted octanol–water partition coefficient (Wildman–Crippen LogP) is 3.20. The summed E-state index contributed by atoms with van der Waals surface area (Å²) in [6.45, 7) is 2.95. The molecule has 1 saturated heterocycles. The zero-order valence-corrected chi connectivity index (χ0v) is 13.1. The molecule has 0 unspecified atom stereocenters. The van der Waals surface area contributed by atoms with E-state index in [4.69, 9.17) is 11.5 Å². The number of halogens is 3. The van der Waals surface area contributed by atoms with E-state index in [-0.39, 0.29) is 0 Å². The van der Waals surface area contributed by atoms with Crippen molar-refractivity contribution in [1.82, 2.24) is 0 Å². The normalized spacial score (nSPS) is 15.6. The van der Waals surface area contributed by atoms with Crippen molar-refractivity contribution < 1.29 is 13.2 Å². The second-order valence-electron chi connectivity index (χ2n) is 5.88. The second-order valence-corrected chi connectivity index (χ2v) is 5.88. The molecule has 0 aromatic heterocycles. The number of alkyl halides is 3. The lowest BCUT2D eigenvalue weighted by Crippen LogP contribution is -2.46. The monoisotopic (exact) mass is 336 g/mol. The molecule has 2 aromatic carbocycles. The predicted molar refractivity (Wildman–Crippen MR) is 91.1 cm³/mol. The summed E-state index contributed by atoms with van der Waals surface area (Å²) in [4.78, 5) is 4.25. The fraction of sp³-hybridized carbons (Fsp3) is 0.294. The van der Waals surface area contributed by atoms with Crippen molar-refractivity contribution in [2.24, 2.45) is 0 Å². The molecule has 1 aliphatic heterocycles. The smallest absolute Gasteiger partial charge is 0.399 e. The van der Waals surface area contributed by atoms with Crippen LogP contribution in [0.4, 0.5) is 35.9 Å². The lowest BCUT2D eigenvalue weighted by atomic mass is 10.1. The Morgan fingerprint density at radius 1 is 0.708 bits per heavy atom. The fourth-order valence-corrected chi connectivity index (χ4v) is 2.93. The highest BCUT2D eigenvalue weighted by atomic mass is 19.4. The molecular weight excluding hydrogens is 317 g/mol. The van der Waals surface area contributed by atoms with Crippen molar-refractivity contribution in [2.45, 2.75) is 6.18 Å². The average molecular weight is 336 g/mol. The van der Waals surface area contributed by atoms with Crippen LogP contribution in [-0.2, 0) is 6.18 Å². The minimum atomic E-state index is -4.30. The Balaban J connectivity index is 1.66. The van der Waals surface area contributed by atoms with E-state index in [2.05, 4.69) is 9.80 Å². The summed E-state index contributed by atoms with van der Waals surface area (Å²) in [5, 5.41) is 0. The molecule has 4 N–H and O–H groups in total. The molecule has 0 aliphatic carbocycles. The van der Waals surface area contributed by atoms with E-state index in [9.17, 15) is 13.2 Å². The first kappa shape index (κ1) is 16.3. The first-order chi connectivity index (χ1) is 11.3. The van der Waals surface area contributed by atoms with Crippen LogP contribution in [0.2, 0.25) is 0 Å². The highest BCUT2D eigenvalue weighted by molar-refractivity contribution is 5.65. The van der Waals surface area contributed by atoms with Gasteiger partial charge in [0.05, 0.1) is 5.56 Å². The molecule has 1 aliphatic rings. The highest BCUT2D eigenvalue weighted by Crippen LogP contribution is 2.31. The number of hydrogen-bond donors (Lipinski definition) is 2. The summed E-state index contributed by atoms with van der Waals surface area (Å²) in [6.07, 6.45) is -4.30. The quantitative estimate of drug-likeness (QED) is 0.827. The lowest BCUT2D eigenvalue weighted by Gasteiger charge is -2.37. The zero-order chi connectivity index (χ0) is 17.3. The van der Waals surface area contributed by atoms with Crippen LogP contribution in [0.5, 0.6) is 0 Å². The maximum atomic E-state index is 12.6. The molecule has 0 saturated carbocycles. The molecule has 0 radical (unpaired) electrons. The maximum Gasteiger partial charge on any atom is 0.416 e. The summed E-state index contributed by atoms with van der Waals surface area (Å²) >= 11 is 0. The number of rotatable bonds is 2. The van der Waals surface area contributed by atoms with Crippen LogP contribution in [-0.4, -0.2) is 26.2 Å². The van der Waals surface area contributed by atoms with Gasteiger partial charge in [0.15, 0.2) is 0 Å². The zero-order valence-electron chi connectivity index (χ0n) is 13.1. The van der Waals surface area contributed by atoms with Gasteiger partial charge >= 0.3 is 6.18 Å². The van der Waals surface area contributed by atoms with Gasteiger partial charge in [-0.15, -0.1) is 0 Å². The van der Waals surface area contributed by atoms with Crippen molar-refractivity contribution in [3.63, 3.8) is 0 Å². The van der Waals surface area contributed by atoms with Crippen LogP contribution in [0.25, 0.3) is 0 Å². The van der Waals surface area contributed by atoms with Crippen molar-refractivity contribution in [3.05, 3.63) is 48.0 Å². The van der Waals surface area contributed by atoms with Crippen molar-refractivity contribution in [3.8, 4) is 0 Å². The number of benzene rings is 2. The SMILES string of the molecule is Nc1cc(N)cc(N2CCN(c3ccc(C(F)(F)F)cc3)CC2)c1. The number of nitrogens with two attached hydrogens (primary N) is 2. The Bertz CT molecular complexity index is 685. The summed E-state index contributed by atoms with van der Waals surface area (Å²) < 4.78 is 37.9. The van der Waals surface area contributed by atoms with Gasteiger partial charge in [-0.2, -0.15) is 13.2 Å². The average Bonchev–Trinajstić information content (AvgIpc) is 2.53. The lowest BCUT2D eigenvalue weighted by molar-refractivity contribution is -0.137. The van der Waals surface area contributed by atoms with Crippen LogP contribution in [0, 0.1) is 0 Å². The Hall–Kier alpha value is -2.57. The minimum absolute atomic E-state index is 0.621. The first-order valence-electron chi connectivity index (χ1n) is 7.66. The molecule has 2 aromatic rings. The van der Waals surface area contributed by atoms with Crippen molar-refractivity contribution in [1.29, 1.82) is 0 Å². The van der Waals surface area contributed by atoms with E-state index in [0.717, 1.165) is 49.7 Å². The molecule has 3 rings (SSSR count). The topological polar surface area (TPSA) is 58.5 Å². The molecular formula is C17H19F3N4. The van der Waals surface area contributed by atoms with Gasteiger partial charge in [0.1, 0.15) is 0 Å². The van der Waals surface area contributed by atoms with Gasteiger partial charge in [0.2, 0.25) is 0 Å². The molecule has 128 valence electrons. The summed E-state index contributed by atoms with van der Waals surface area (Å²) in [7, 11) is 0. The standard InChI is InChI=1S/C17H19F3N4/c18-17(19,20)12-1-3-15(4-2-12)23-5-7-24(8-6-23)16-10-13(21)9-14(22)11-16/h1-4,9-11H,5-8,21-22H2. The number of hydrogen-bond acceptors (Lipinski definition) is 4. The molecule has 0 spiro atoms. The van der Waals surface area contributed by atoms with Gasteiger partial charge in [0.25, 0.3) is 0 Å². The van der Waals surface area contributed by atoms with Crippen LogP contribution in [0.15, 0.2) is 42.5 Å². The van der Waals surface area contributed by atoms with Crippen LogP contribution < -0.4 is 21.3 Å². The van der Waals surface area contributed by atoms with E-state index < -0.39 is 11.7 Å². The van der Waals surface area contributed by atoms with Gasteiger partial charge in [-0.25, -0.2) is 0 Å². The molecule has 4 nitrogen and oxygen atoms in total. The minimum Gasteiger partial charge on any atom is -0.399 e. The van der Waals surface area contributed by atoms with E-state index in [1.807, 2.05) is 12.1 Å². The fourth-order valence-electron chi connectivity index (χ4n) is 2.93. The van der Waals surface area contributed by atoms with E-state index in [1.165, 1.54) is 12.1 Å². The van der Waals surface area contributed by atoms with Gasteiger partial charge in [-0.1, -0.05) is 0 Å². The highest BCUT2D eigenvalue weighted by Gasteiger charge is 2.30. The molecule has 7 heteroatoms. The van der Waals surface area contributed by atoms with Crippen LogP contribution >= 0.6 is 0 Å². The molecule has 24 heavy (non-hydrogen) atoms. The number of nitrogen functional groups attached to an aromatic ring is 2. The number of nitrogens with zero attached hydrogens (tertiary/aromatic N) is 2. The Kier molecular flexibility index (Phi) is 4.17. The van der Waals surface area contributed by atoms with Gasteiger partial charge < -0.3 is 21.3 Å². The van der Waals surface area contributed by atoms with Gasteiger partial charge in [-0.3, -0.25) is 0 Å². The maximum absolute atomic E-state index is 12.6. The number of piperazine rings is 1. The largest absolute Gasteiger partial charge is 0.416 e. The molecule has 1 fully saturated rings. The molecule has 0 bridgehead atoms. The van der Waals surface area contributed by atoms with E-state index >= 15 is 0 Å². The molecule has 0 atom stereocenters. The van der Waals surface area contributed by atoms with E-state index in [1.54, 1.807) is 6.07 Å². The first-order valence-corrected chi connectivity index (χ1v) is 7.66. The van der Waals surface area contributed by atoms with Crippen LogP contribution in [0.1, 0.15) is 5.56 Å². The Morgan fingerprint density at radius 2 is 1.17 bits per heavy atom. The third kappa shape index (κ3) is 3.50. The molecule has 0 amide bonds. The summed E-state index contributed by atoms with van der Waals surface area (Å²) in [5.74, 6) is 0. The second kappa shape index (κ2) is 6.14. The van der Waals surface area contributed by atoms with Crippen molar-refractivity contribution >= 4 is 22.7 Å². The Morgan fingerprint density at radius 3 is 1.62 bits per heavy atom. The summed E-state index contributed by atoms with van der Waals surface area (Å²) in [5.41, 5.74) is 14.0. The van der Waals surface area contributed by atoms with Crippen LogP contribution in [0.3, 0.4) is 0 Å².